The zero-order valence-electron chi connectivity index (χ0n) is 10.8. The average molecular weight is 270 g/mol. The van der Waals surface area contributed by atoms with Crippen molar-refractivity contribution in [1.82, 2.24) is 9.88 Å². The highest BCUT2D eigenvalue weighted by Gasteiger charge is 2.35. The summed E-state index contributed by atoms with van der Waals surface area (Å²) in [5.74, 6) is -1.25. The number of fused-ring (bicyclic) bond motifs is 1. The molecule has 102 valence electrons. The third-order valence-corrected chi connectivity index (χ3v) is 3.67. The second-order valence-corrected chi connectivity index (χ2v) is 4.88. The molecule has 2 aromatic rings. The Hall–Kier alpha value is -2.43. The molecule has 1 fully saturated rings. The van der Waals surface area contributed by atoms with Crippen LogP contribution in [0.2, 0.25) is 0 Å². The minimum absolute atomic E-state index is 0.299. The van der Waals surface area contributed by atoms with Crippen LogP contribution in [0.25, 0.3) is 10.8 Å². The van der Waals surface area contributed by atoms with Crippen LogP contribution in [0.3, 0.4) is 0 Å². The molecule has 1 aliphatic heterocycles. The van der Waals surface area contributed by atoms with Crippen molar-refractivity contribution in [2.75, 3.05) is 6.54 Å². The van der Waals surface area contributed by atoms with Crippen LogP contribution < -0.4 is 0 Å². The Morgan fingerprint density at radius 2 is 2.05 bits per heavy atom. The number of carbonyl (C=O) groups excluding carboxylic acids is 1. The van der Waals surface area contributed by atoms with E-state index < -0.39 is 12.0 Å². The van der Waals surface area contributed by atoms with Gasteiger partial charge in [-0.1, -0.05) is 24.3 Å². The summed E-state index contributed by atoms with van der Waals surface area (Å²) < 4.78 is 0. The lowest BCUT2D eigenvalue weighted by Crippen LogP contribution is -2.40. The summed E-state index contributed by atoms with van der Waals surface area (Å²) in [4.78, 5) is 29.3. The molecule has 2 heterocycles. The Morgan fingerprint density at radius 1 is 1.25 bits per heavy atom. The average Bonchev–Trinajstić information content (AvgIpc) is 2.95. The van der Waals surface area contributed by atoms with Crippen LogP contribution in [0.1, 0.15) is 23.3 Å². The van der Waals surface area contributed by atoms with E-state index in [1.54, 1.807) is 6.20 Å². The van der Waals surface area contributed by atoms with Gasteiger partial charge in [0.1, 0.15) is 11.7 Å². The summed E-state index contributed by atoms with van der Waals surface area (Å²) in [6, 6.07) is 8.59. The van der Waals surface area contributed by atoms with Crippen LogP contribution in [0.15, 0.2) is 36.5 Å². The molecule has 1 aromatic heterocycles. The fraction of sp³-hybridized carbons (Fsp3) is 0.267. The Morgan fingerprint density at radius 3 is 2.85 bits per heavy atom. The standard InChI is InChI=1S/C15H14N2O3/c18-14(17-9-3-6-12(17)15(19)20)13-11-5-2-1-4-10(11)7-8-16-13/h1-2,4-5,7-8,12H,3,6,9H2,(H,19,20)/t12-/m0/s1. The van der Waals surface area contributed by atoms with E-state index in [0.717, 1.165) is 10.8 Å². The SMILES string of the molecule is O=C(O)[C@@H]1CCCN1C(=O)c1nccc2ccccc12. The summed E-state index contributed by atoms with van der Waals surface area (Å²) in [6.07, 6.45) is 2.81. The lowest BCUT2D eigenvalue weighted by molar-refractivity contribution is -0.141. The highest BCUT2D eigenvalue weighted by Crippen LogP contribution is 2.23. The van der Waals surface area contributed by atoms with E-state index in [1.807, 2.05) is 30.3 Å². The van der Waals surface area contributed by atoms with Gasteiger partial charge in [0.05, 0.1) is 0 Å². The number of carboxylic acids is 1. The number of carbonyl (C=O) groups is 2. The number of amides is 1. The second kappa shape index (κ2) is 4.92. The van der Waals surface area contributed by atoms with Gasteiger partial charge in [-0.25, -0.2) is 4.79 Å². The second-order valence-electron chi connectivity index (χ2n) is 4.88. The van der Waals surface area contributed by atoms with E-state index in [1.165, 1.54) is 4.90 Å². The molecule has 0 unspecified atom stereocenters. The summed E-state index contributed by atoms with van der Waals surface area (Å²) in [6.45, 7) is 0.473. The maximum atomic E-state index is 12.6. The molecule has 0 bridgehead atoms. The van der Waals surface area contributed by atoms with Crippen molar-refractivity contribution in [2.24, 2.45) is 0 Å². The van der Waals surface area contributed by atoms with Crippen molar-refractivity contribution >= 4 is 22.6 Å². The van der Waals surface area contributed by atoms with E-state index in [9.17, 15) is 14.7 Å². The number of aromatic nitrogens is 1. The first kappa shape index (κ1) is 12.6. The number of hydrogen-bond donors (Lipinski definition) is 1. The van der Waals surface area contributed by atoms with Gasteiger partial charge < -0.3 is 10.0 Å². The molecule has 5 nitrogen and oxygen atoms in total. The highest BCUT2D eigenvalue weighted by molar-refractivity contribution is 6.06. The number of nitrogens with zero attached hydrogens (tertiary/aromatic N) is 2. The predicted molar refractivity (Wildman–Crippen MR) is 73.4 cm³/mol. The topological polar surface area (TPSA) is 70.5 Å². The molecule has 1 saturated heterocycles. The van der Waals surface area contributed by atoms with Crippen LogP contribution in [0.5, 0.6) is 0 Å². The number of aliphatic carboxylic acids is 1. The van der Waals surface area contributed by atoms with Crippen molar-refractivity contribution in [2.45, 2.75) is 18.9 Å². The Labute approximate surface area is 115 Å². The maximum Gasteiger partial charge on any atom is 0.326 e. The van der Waals surface area contributed by atoms with Crippen LogP contribution in [-0.2, 0) is 4.79 Å². The minimum Gasteiger partial charge on any atom is -0.480 e. The maximum absolute atomic E-state index is 12.6. The minimum atomic E-state index is -0.948. The molecular formula is C15H14N2O3. The van der Waals surface area contributed by atoms with Crippen LogP contribution in [-0.4, -0.2) is 39.5 Å². The Bertz CT molecular complexity index is 678. The fourth-order valence-electron chi connectivity index (χ4n) is 2.69. The van der Waals surface area contributed by atoms with E-state index >= 15 is 0 Å². The normalized spacial score (nSPS) is 18.4. The molecule has 5 heteroatoms. The Balaban J connectivity index is 2.03. The highest BCUT2D eigenvalue weighted by atomic mass is 16.4. The number of pyridine rings is 1. The van der Waals surface area contributed by atoms with Gasteiger partial charge in [0.2, 0.25) is 0 Å². The molecular weight excluding hydrogens is 256 g/mol. The van der Waals surface area contributed by atoms with Gasteiger partial charge in [-0.15, -0.1) is 0 Å². The van der Waals surface area contributed by atoms with Gasteiger partial charge in [-0.3, -0.25) is 9.78 Å². The lowest BCUT2D eigenvalue weighted by atomic mass is 10.1. The van der Waals surface area contributed by atoms with Crippen molar-refractivity contribution in [3.8, 4) is 0 Å². The summed E-state index contributed by atoms with van der Waals surface area (Å²) in [7, 11) is 0. The molecule has 3 rings (SSSR count). The summed E-state index contributed by atoms with van der Waals surface area (Å²) in [5, 5.41) is 10.9. The van der Waals surface area contributed by atoms with Crippen molar-refractivity contribution in [1.29, 1.82) is 0 Å². The largest absolute Gasteiger partial charge is 0.480 e. The molecule has 20 heavy (non-hydrogen) atoms. The first-order valence-electron chi connectivity index (χ1n) is 6.56. The van der Waals surface area contributed by atoms with Crippen LogP contribution >= 0.6 is 0 Å². The number of likely N-dealkylation sites (tertiary alicyclic amines) is 1. The lowest BCUT2D eigenvalue weighted by Gasteiger charge is -2.21. The molecule has 0 radical (unpaired) electrons. The van der Waals surface area contributed by atoms with Crippen molar-refractivity contribution < 1.29 is 14.7 Å². The number of benzene rings is 1. The number of rotatable bonds is 2. The molecule has 0 aliphatic carbocycles. The number of carboxylic acid groups (broad SMARTS) is 1. The smallest absolute Gasteiger partial charge is 0.326 e. The predicted octanol–water partition coefficient (Wildman–Crippen LogP) is 1.92. The third-order valence-electron chi connectivity index (χ3n) is 3.67. The number of hydrogen-bond acceptors (Lipinski definition) is 3. The van der Waals surface area contributed by atoms with Gasteiger partial charge >= 0.3 is 5.97 Å². The molecule has 1 amide bonds. The van der Waals surface area contributed by atoms with Gasteiger partial charge in [-0.2, -0.15) is 0 Å². The van der Waals surface area contributed by atoms with Gasteiger partial charge in [0.25, 0.3) is 5.91 Å². The van der Waals surface area contributed by atoms with Crippen molar-refractivity contribution in [3.63, 3.8) is 0 Å². The van der Waals surface area contributed by atoms with Gasteiger partial charge in [0.15, 0.2) is 0 Å². The van der Waals surface area contributed by atoms with Crippen LogP contribution in [0, 0.1) is 0 Å². The van der Waals surface area contributed by atoms with Crippen molar-refractivity contribution in [3.05, 3.63) is 42.2 Å². The Kier molecular flexibility index (Phi) is 3.10. The van der Waals surface area contributed by atoms with Gasteiger partial charge in [-0.05, 0) is 24.3 Å². The molecule has 1 atom stereocenters. The molecule has 0 saturated carbocycles. The fourth-order valence-corrected chi connectivity index (χ4v) is 2.69. The molecule has 1 aliphatic rings. The van der Waals surface area contributed by atoms with E-state index in [0.29, 0.717) is 25.1 Å². The first-order chi connectivity index (χ1) is 9.68. The van der Waals surface area contributed by atoms with E-state index in [-0.39, 0.29) is 5.91 Å². The molecule has 0 spiro atoms. The first-order valence-corrected chi connectivity index (χ1v) is 6.56. The zero-order chi connectivity index (χ0) is 14.1. The van der Waals surface area contributed by atoms with E-state index in [4.69, 9.17) is 0 Å². The van der Waals surface area contributed by atoms with E-state index in [2.05, 4.69) is 4.98 Å². The summed E-state index contributed by atoms with van der Waals surface area (Å²) in [5.41, 5.74) is 0.330. The quantitative estimate of drug-likeness (QED) is 0.905. The van der Waals surface area contributed by atoms with Crippen LogP contribution in [0.4, 0.5) is 0 Å². The third kappa shape index (κ3) is 2.01. The molecule has 1 N–H and O–H groups in total. The van der Waals surface area contributed by atoms with Gasteiger partial charge in [0, 0.05) is 18.1 Å². The summed E-state index contributed by atoms with van der Waals surface area (Å²) >= 11 is 0. The molecule has 1 aromatic carbocycles. The zero-order valence-corrected chi connectivity index (χ0v) is 10.8. The monoisotopic (exact) mass is 270 g/mol.